The van der Waals surface area contributed by atoms with Crippen LogP contribution in [0.15, 0.2) is 18.2 Å². The average Bonchev–Trinajstić information content (AvgIpc) is 2.89. The lowest BCUT2D eigenvalue weighted by Gasteiger charge is -2.18. The Morgan fingerprint density at radius 2 is 2.06 bits per heavy atom. The minimum atomic E-state index is 0.507. The van der Waals surface area contributed by atoms with Gasteiger partial charge in [0.25, 0.3) is 0 Å². The SMILES string of the molecule is N#Cc1cccc(N2C[C@H]3CNC[C@H]3C2)n1. The van der Waals surface area contributed by atoms with Gasteiger partial charge in [-0.2, -0.15) is 5.26 Å². The lowest BCUT2D eigenvalue weighted by Crippen LogP contribution is -2.26. The van der Waals surface area contributed by atoms with Crippen LogP contribution in [0.3, 0.4) is 0 Å². The Morgan fingerprint density at radius 3 is 2.75 bits per heavy atom. The molecule has 16 heavy (non-hydrogen) atoms. The molecular formula is C12H14N4. The topological polar surface area (TPSA) is 52.0 Å². The molecule has 2 atom stereocenters. The zero-order valence-corrected chi connectivity index (χ0v) is 9.06. The largest absolute Gasteiger partial charge is 0.356 e. The van der Waals surface area contributed by atoms with E-state index in [0.717, 1.165) is 43.8 Å². The maximum Gasteiger partial charge on any atom is 0.142 e. The number of hydrogen-bond donors (Lipinski definition) is 1. The van der Waals surface area contributed by atoms with Crippen LogP contribution in [0, 0.1) is 23.2 Å². The van der Waals surface area contributed by atoms with Gasteiger partial charge in [0.15, 0.2) is 0 Å². The average molecular weight is 214 g/mol. The van der Waals surface area contributed by atoms with E-state index in [0.29, 0.717) is 5.69 Å². The molecule has 0 saturated carbocycles. The molecular weight excluding hydrogens is 200 g/mol. The maximum atomic E-state index is 8.83. The second-order valence-corrected chi connectivity index (χ2v) is 4.58. The summed E-state index contributed by atoms with van der Waals surface area (Å²) in [7, 11) is 0. The molecule has 4 heteroatoms. The Kier molecular flexibility index (Phi) is 2.26. The van der Waals surface area contributed by atoms with Crippen LogP contribution in [-0.2, 0) is 0 Å². The summed E-state index contributed by atoms with van der Waals surface area (Å²) in [6, 6.07) is 7.75. The van der Waals surface area contributed by atoms with Crippen molar-refractivity contribution >= 4 is 5.82 Å². The van der Waals surface area contributed by atoms with E-state index in [1.807, 2.05) is 12.1 Å². The highest BCUT2D eigenvalue weighted by Gasteiger charge is 2.36. The minimum Gasteiger partial charge on any atom is -0.356 e. The van der Waals surface area contributed by atoms with E-state index < -0.39 is 0 Å². The van der Waals surface area contributed by atoms with Crippen LogP contribution in [0.2, 0.25) is 0 Å². The Labute approximate surface area is 94.9 Å². The number of anilines is 1. The molecule has 0 aromatic carbocycles. The van der Waals surface area contributed by atoms with E-state index in [-0.39, 0.29) is 0 Å². The fourth-order valence-electron chi connectivity index (χ4n) is 2.70. The van der Waals surface area contributed by atoms with Crippen molar-refractivity contribution < 1.29 is 0 Å². The Hall–Kier alpha value is -1.60. The molecule has 1 N–H and O–H groups in total. The molecule has 3 rings (SSSR count). The maximum absolute atomic E-state index is 8.83. The van der Waals surface area contributed by atoms with Gasteiger partial charge in [0.05, 0.1) is 0 Å². The van der Waals surface area contributed by atoms with Crippen LogP contribution in [0.4, 0.5) is 5.82 Å². The molecule has 1 aromatic rings. The summed E-state index contributed by atoms with van der Waals surface area (Å²) in [6.07, 6.45) is 0. The highest BCUT2D eigenvalue weighted by atomic mass is 15.2. The van der Waals surface area contributed by atoms with Gasteiger partial charge < -0.3 is 10.2 Å². The van der Waals surface area contributed by atoms with Gasteiger partial charge in [-0.1, -0.05) is 6.07 Å². The first-order valence-corrected chi connectivity index (χ1v) is 5.69. The van der Waals surface area contributed by atoms with Gasteiger partial charge >= 0.3 is 0 Å². The zero-order chi connectivity index (χ0) is 11.0. The Balaban J connectivity index is 1.81. The van der Waals surface area contributed by atoms with Crippen molar-refractivity contribution in [1.82, 2.24) is 10.3 Å². The molecule has 0 aliphatic carbocycles. The predicted octanol–water partition coefficient (Wildman–Crippen LogP) is 0.609. The highest BCUT2D eigenvalue weighted by molar-refractivity contribution is 5.43. The molecule has 82 valence electrons. The van der Waals surface area contributed by atoms with Crippen molar-refractivity contribution in [2.45, 2.75) is 0 Å². The molecule has 0 spiro atoms. The number of fused-ring (bicyclic) bond motifs is 1. The fraction of sp³-hybridized carbons (Fsp3) is 0.500. The van der Waals surface area contributed by atoms with Gasteiger partial charge in [-0.25, -0.2) is 4.98 Å². The van der Waals surface area contributed by atoms with Gasteiger partial charge in [0, 0.05) is 26.2 Å². The normalized spacial score (nSPS) is 27.8. The van der Waals surface area contributed by atoms with Gasteiger partial charge in [-0.15, -0.1) is 0 Å². The first-order chi connectivity index (χ1) is 7.86. The molecule has 0 bridgehead atoms. The summed E-state index contributed by atoms with van der Waals surface area (Å²) in [6.45, 7) is 4.39. The van der Waals surface area contributed by atoms with Gasteiger partial charge in [-0.05, 0) is 24.0 Å². The monoisotopic (exact) mass is 214 g/mol. The molecule has 2 saturated heterocycles. The van der Waals surface area contributed by atoms with Crippen LogP contribution >= 0.6 is 0 Å². The van der Waals surface area contributed by atoms with E-state index in [2.05, 4.69) is 21.3 Å². The first-order valence-electron chi connectivity index (χ1n) is 5.69. The molecule has 0 unspecified atom stereocenters. The second-order valence-electron chi connectivity index (χ2n) is 4.58. The van der Waals surface area contributed by atoms with Crippen LogP contribution < -0.4 is 10.2 Å². The molecule has 0 radical (unpaired) electrons. The van der Waals surface area contributed by atoms with Gasteiger partial charge in [0.1, 0.15) is 17.6 Å². The van der Waals surface area contributed by atoms with Crippen molar-refractivity contribution in [3.05, 3.63) is 23.9 Å². The van der Waals surface area contributed by atoms with Gasteiger partial charge in [0.2, 0.25) is 0 Å². The summed E-state index contributed by atoms with van der Waals surface area (Å²) in [5.41, 5.74) is 0.507. The lowest BCUT2D eigenvalue weighted by molar-refractivity contribution is 0.533. The summed E-state index contributed by atoms with van der Waals surface area (Å²) >= 11 is 0. The quantitative estimate of drug-likeness (QED) is 0.744. The summed E-state index contributed by atoms with van der Waals surface area (Å²) < 4.78 is 0. The van der Waals surface area contributed by atoms with Crippen LogP contribution in [0.1, 0.15) is 5.69 Å². The van der Waals surface area contributed by atoms with Crippen molar-refractivity contribution in [3.8, 4) is 6.07 Å². The first kappa shape index (κ1) is 9.61. The summed E-state index contributed by atoms with van der Waals surface area (Å²) in [5, 5.41) is 12.2. The molecule has 2 fully saturated rings. The number of hydrogen-bond acceptors (Lipinski definition) is 4. The smallest absolute Gasteiger partial charge is 0.142 e. The fourth-order valence-corrected chi connectivity index (χ4v) is 2.70. The Morgan fingerprint density at radius 1 is 1.31 bits per heavy atom. The lowest BCUT2D eigenvalue weighted by atomic mass is 10.0. The van der Waals surface area contributed by atoms with Crippen molar-refractivity contribution in [2.75, 3.05) is 31.1 Å². The Bertz CT molecular complexity index is 425. The van der Waals surface area contributed by atoms with Gasteiger partial charge in [-0.3, -0.25) is 0 Å². The van der Waals surface area contributed by atoms with E-state index in [4.69, 9.17) is 5.26 Å². The number of aromatic nitrogens is 1. The third kappa shape index (κ3) is 1.54. The number of nitrogens with one attached hydrogen (secondary N) is 1. The molecule has 2 aliphatic heterocycles. The molecule has 1 aromatic heterocycles. The number of nitrogens with zero attached hydrogens (tertiary/aromatic N) is 3. The van der Waals surface area contributed by atoms with E-state index in [1.54, 1.807) is 6.07 Å². The van der Waals surface area contributed by atoms with Crippen LogP contribution in [0.25, 0.3) is 0 Å². The molecule has 2 aliphatic rings. The number of pyridine rings is 1. The summed E-state index contributed by atoms with van der Waals surface area (Å²) in [4.78, 5) is 6.65. The van der Waals surface area contributed by atoms with E-state index in [1.165, 1.54) is 0 Å². The van der Waals surface area contributed by atoms with Crippen molar-refractivity contribution in [1.29, 1.82) is 5.26 Å². The number of nitriles is 1. The molecule has 3 heterocycles. The number of rotatable bonds is 1. The van der Waals surface area contributed by atoms with Crippen LogP contribution in [-0.4, -0.2) is 31.2 Å². The van der Waals surface area contributed by atoms with Crippen molar-refractivity contribution in [2.24, 2.45) is 11.8 Å². The standard InChI is InChI=1S/C12H14N4/c13-4-11-2-1-3-12(15-11)16-7-9-5-14-6-10(9)8-16/h1-3,9-10,14H,5-8H2/t9-,10+. The zero-order valence-electron chi connectivity index (χ0n) is 9.06. The predicted molar refractivity (Wildman–Crippen MR) is 61.0 cm³/mol. The third-order valence-corrected chi connectivity index (χ3v) is 3.56. The minimum absolute atomic E-state index is 0.507. The molecule has 0 amide bonds. The van der Waals surface area contributed by atoms with E-state index >= 15 is 0 Å². The van der Waals surface area contributed by atoms with Crippen molar-refractivity contribution in [3.63, 3.8) is 0 Å². The van der Waals surface area contributed by atoms with Crippen LogP contribution in [0.5, 0.6) is 0 Å². The second kappa shape index (κ2) is 3.76. The third-order valence-electron chi connectivity index (χ3n) is 3.56. The molecule has 4 nitrogen and oxygen atoms in total. The highest BCUT2D eigenvalue weighted by Crippen LogP contribution is 2.29. The van der Waals surface area contributed by atoms with E-state index in [9.17, 15) is 0 Å². The summed E-state index contributed by atoms with van der Waals surface area (Å²) in [5.74, 6) is 2.47.